The van der Waals surface area contributed by atoms with Gasteiger partial charge in [0.05, 0.1) is 24.5 Å². The van der Waals surface area contributed by atoms with Gasteiger partial charge in [-0.05, 0) is 18.1 Å². The van der Waals surface area contributed by atoms with Crippen molar-refractivity contribution in [2.24, 2.45) is 11.8 Å². The Morgan fingerprint density at radius 2 is 1.44 bits per heavy atom. The number of amides is 2. The molecule has 2 aliphatic heterocycles. The number of ether oxygens (including phenoxy) is 1. The van der Waals surface area contributed by atoms with Gasteiger partial charge >= 0.3 is 0 Å². The Morgan fingerprint density at radius 1 is 0.794 bits per heavy atom. The maximum absolute atomic E-state index is 13.8. The average molecular weight is 451 g/mol. The van der Waals surface area contributed by atoms with Gasteiger partial charge in [0.2, 0.25) is 29.0 Å². The molecule has 0 bridgehead atoms. The van der Waals surface area contributed by atoms with Crippen LogP contribution in [-0.4, -0.2) is 33.9 Å². The van der Waals surface area contributed by atoms with Gasteiger partial charge in [-0.3, -0.25) is 24.1 Å². The molecular formula is C28H21NO5. The number of rotatable bonds is 3. The van der Waals surface area contributed by atoms with E-state index >= 15 is 0 Å². The minimum absolute atomic E-state index is 0.0808. The molecule has 1 aliphatic carbocycles. The van der Waals surface area contributed by atoms with Crippen LogP contribution in [0.3, 0.4) is 0 Å². The van der Waals surface area contributed by atoms with Crippen molar-refractivity contribution in [3.8, 4) is 0 Å². The van der Waals surface area contributed by atoms with Crippen LogP contribution in [0.15, 0.2) is 78.9 Å². The lowest BCUT2D eigenvalue weighted by Crippen LogP contribution is -2.50. The second-order valence-corrected chi connectivity index (χ2v) is 9.14. The van der Waals surface area contributed by atoms with E-state index in [1.165, 1.54) is 4.90 Å². The lowest BCUT2D eigenvalue weighted by atomic mass is 9.77. The van der Waals surface area contributed by atoms with Crippen LogP contribution < -0.4 is 0 Å². The van der Waals surface area contributed by atoms with Crippen molar-refractivity contribution >= 4 is 23.4 Å². The molecule has 3 atom stereocenters. The third-order valence-electron chi connectivity index (χ3n) is 7.16. The third-order valence-corrected chi connectivity index (χ3v) is 7.16. The van der Waals surface area contributed by atoms with E-state index in [0.29, 0.717) is 5.56 Å². The van der Waals surface area contributed by atoms with Gasteiger partial charge in [0.15, 0.2) is 0 Å². The number of fused-ring (bicyclic) bond motifs is 3. The predicted molar refractivity (Wildman–Crippen MR) is 122 cm³/mol. The van der Waals surface area contributed by atoms with Gasteiger partial charge in [-0.15, -0.1) is 0 Å². The largest absolute Gasteiger partial charge is 0.349 e. The van der Waals surface area contributed by atoms with Crippen molar-refractivity contribution in [3.63, 3.8) is 0 Å². The molecule has 1 spiro atoms. The summed E-state index contributed by atoms with van der Waals surface area (Å²) in [6, 6.07) is 23.1. The first-order valence-corrected chi connectivity index (χ1v) is 11.3. The van der Waals surface area contributed by atoms with Crippen LogP contribution in [0, 0.1) is 18.8 Å². The van der Waals surface area contributed by atoms with E-state index in [2.05, 4.69) is 0 Å². The maximum Gasteiger partial charge on any atom is 0.237 e. The standard InChI is InChI=1S/C28H21NO5/c1-16-8-7-11-18(14-16)23-21-22(27(33)29(26(21)32)15-17-9-3-2-4-10-17)28(34-23)24(30)19-12-5-6-13-20(19)25(28)31/h2-14,21-23H,15H2,1H3/t21-,22-,23-/m1/s1. The number of carbonyl (C=O) groups excluding carboxylic acids is 4. The van der Waals surface area contributed by atoms with E-state index in [-0.39, 0.29) is 17.7 Å². The molecule has 2 amide bonds. The number of carbonyl (C=O) groups is 4. The van der Waals surface area contributed by atoms with Gasteiger partial charge < -0.3 is 4.74 Å². The summed E-state index contributed by atoms with van der Waals surface area (Å²) >= 11 is 0. The Morgan fingerprint density at radius 3 is 2.09 bits per heavy atom. The maximum atomic E-state index is 13.8. The first-order valence-electron chi connectivity index (χ1n) is 11.3. The molecular weight excluding hydrogens is 430 g/mol. The summed E-state index contributed by atoms with van der Waals surface area (Å²) in [4.78, 5) is 56.1. The molecule has 34 heavy (non-hydrogen) atoms. The Labute approximate surface area is 196 Å². The monoisotopic (exact) mass is 451 g/mol. The predicted octanol–water partition coefficient (Wildman–Crippen LogP) is 3.69. The van der Waals surface area contributed by atoms with E-state index in [0.717, 1.165) is 11.1 Å². The summed E-state index contributed by atoms with van der Waals surface area (Å²) in [5.74, 6) is -4.20. The van der Waals surface area contributed by atoms with E-state index in [1.54, 1.807) is 24.3 Å². The van der Waals surface area contributed by atoms with E-state index < -0.39 is 46.9 Å². The highest BCUT2D eigenvalue weighted by atomic mass is 16.5. The van der Waals surface area contributed by atoms with Crippen LogP contribution in [0.5, 0.6) is 0 Å². The molecule has 2 fully saturated rings. The molecule has 0 unspecified atom stereocenters. The van der Waals surface area contributed by atoms with Crippen LogP contribution >= 0.6 is 0 Å². The zero-order valence-corrected chi connectivity index (χ0v) is 18.4. The summed E-state index contributed by atoms with van der Waals surface area (Å²) in [5.41, 5.74) is 0.852. The smallest absolute Gasteiger partial charge is 0.237 e. The van der Waals surface area contributed by atoms with Crippen LogP contribution in [0.25, 0.3) is 0 Å². The summed E-state index contributed by atoms with van der Waals surface area (Å²) in [5, 5.41) is 0. The number of aryl methyl sites for hydroxylation is 1. The average Bonchev–Trinajstić information content (AvgIpc) is 3.41. The molecule has 0 aromatic heterocycles. The number of likely N-dealkylation sites (tertiary alicyclic amines) is 1. The molecule has 2 heterocycles. The van der Waals surface area contributed by atoms with Crippen LogP contribution in [0.1, 0.15) is 43.5 Å². The molecule has 2 saturated heterocycles. The fraction of sp³-hybridized carbons (Fsp3) is 0.214. The second-order valence-electron chi connectivity index (χ2n) is 9.14. The topological polar surface area (TPSA) is 80.8 Å². The Bertz CT molecular complexity index is 1340. The number of Topliss-reactive ketones (excluding diaryl/α,β-unsaturated/α-hetero) is 2. The van der Waals surface area contributed by atoms with E-state index in [4.69, 9.17) is 4.74 Å². The van der Waals surface area contributed by atoms with Crippen LogP contribution in [-0.2, 0) is 20.9 Å². The van der Waals surface area contributed by atoms with Crippen molar-refractivity contribution in [1.82, 2.24) is 4.90 Å². The lowest BCUT2D eigenvalue weighted by molar-refractivity contribution is -0.145. The molecule has 168 valence electrons. The molecule has 3 aromatic rings. The number of imide groups is 1. The highest BCUT2D eigenvalue weighted by molar-refractivity contribution is 6.35. The molecule has 3 aliphatic rings. The number of hydrogen-bond donors (Lipinski definition) is 0. The highest BCUT2D eigenvalue weighted by Crippen LogP contribution is 2.57. The highest BCUT2D eigenvalue weighted by Gasteiger charge is 2.74. The second kappa shape index (κ2) is 7.30. The molecule has 0 saturated carbocycles. The normalized spacial score (nSPS) is 24.7. The minimum Gasteiger partial charge on any atom is -0.349 e. The molecule has 0 radical (unpaired) electrons. The van der Waals surface area contributed by atoms with Crippen molar-refractivity contribution in [1.29, 1.82) is 0 Å². The zero-order chi connectivity index (χ0) is 23.6. The number of nitrogens with zero attached hydrogens (tertiary/aromatic N) is 1. The van der Waals surface area contributed by atoms with Crippen LogP contribution in [0.2, 0.25) is 0 Å². The zero-order valence-electron chi connectivity index (χ0n) is 18.4. The third kappa shape index (κ3) is 2.66. The van der Waals surface area contributed by atoms with Crippen molar-refractivity contribution in [2.45, 2.75) is 25.2 Å². The van der Waals surface area contributed by atoms with Gasteiger partial charge in [0.25, 0.3) is 0 Å². The van der Waals surface area contributed by atoms with E-state index in [9.17, 15) is 19.2 Å². The minimum atomic E-state index is -2.03. The van der Waals surface area contributed by atoms with E-state index in [1.807, 2.05) is 61.5 Å². The summed E-state index contributed by atoms with van der Waals surface area (Å²) in [7, 11) is 0. The number of hydrogen-bond acceptors (Lipinski definition) is 5. The number of ketones is 2. The fourth-order valence-corrected chi connectivity index (χ4v) is 5.65. The molecule has 6 rings (SSSR count). The molecule has 6 heteroatoms. The first kappa shape index (κ1) is 20.7. The van der Waals surface area contributed by atoms with Crippen LogP contribution in [0.4, 0.5) is 0 Å². The lowest BCUT2D eigenvalue weighted by Gasteiger charge is -2.27. The molecule has 0 N–H and O–H groups in total. The van der Waals surface area contributed by atoms with Crippen molar-refractivity contribution in [2.75, 3.05) is 0 Å². The van der Waals surface area contributed by atoms with Crippen molar-refractivity contribution < 1.29 is 23.9 Å². The molecule has 6 nitrogen and oxygen atoms in total. The van der Waals surface area contributed by atoms with Crippen molar-refractivity contribution in [3.05, 3.63) is 107 Å². The van der Waals surface area contributed by atoms with Gasteiger partial charge in [-0.1, -0.05) is 84.4 Å². The Hall–Kier alpha value is -3.90. The van der Waals surface area contributed by atoms with Gasteiger partial charge in [-0.25, -0.2) is 0 Å². The first-order chi connectivity index (χ1) is 16.4. The van der Waals surface area contributed by atoms with Gasteiger partial charge in [0.1, 0.15) is 0 Å². The SMILES string of the molecule is Cc1cccc([C@H]2OC3(C(=O)c4ccccc4C3=O)[C@H]3C(=O)N(Cc4ccccc4)C(=O)[C@@H]23)c1. The Balaban J connectivity index is 1.50. The number of benzene rings is 3. The summed E-state index contributed by atoms with van der Waals surface area (Å²) in [6.07, 6.45) is -0.885. The fourth-order valence-electron chi connectivity index (χ4n) is 5.65. The van der Waals surface area contributed by atoms with Gasteiger partial charge in [-0.2, -0.15) is 0 Å². The Kier molecular flexibility index (Phi) is 4.44. The van der Waals surface area contributed by atoms with Gasteiger partial charge in [0, 0.05) is 11.1 Å². The molecule has 3 aromatic carbocycles. The summed E-state index contributed by atoms with van der Waals surface area (Å²) < 4.78 is 6.30. The summed E-state index contributed by atoms with van der Waals surface area (Å²) in [6.45, 7) is 1.99. The quantitative estimate of drug-likeness (QED) is 0.448.